The van der Waals surface area contributed by atoms with E-state index in [0.717, 1.165) is 0 Å². The highest BCUT2D eigenvalue weighted by Gasteiger charge is 2.23. The fraction of sp³-hybridized carbons (Fsp3) is 0.261. The van der Waals surface area contributed by atoms with Crippen LogP contribution in [0, 0.1) is 0 Å². The van der Waals surface area contributed by atoms with Crippen molar-refractivity contribution < 1.29 is 33.8 Å². The lowest BCUT2D eigenvalue weighted by Crippen LogP contribution is -2.40. The predicted octanol–water partition coefficient (Wildman–Crippen LogP) is 1.28. The third-order valence-corrected chi connectivity index (χ3v) is 6.82. The first-order valence-corrected chi connectivity index (χ1v) is 13.0. The van der Waals surface area contributed by atoms with Crippen molar-refractivity contribution in [2.45, 2.75) is 25.3 Å². The van der Waals surface area contributed by atoms with E-state index in [1.807, 2.05) is 0 Å². The Hall–Kier alpha value is -4.06. The normalized spacial score (nSPS) is 12.6. The number of H-pyrrole nitrogens is 1. The minimum absolute atomic E-state index is 0.0583. The van der Waals surface area contributed by atoms with Crippen molar-refractivity contribution in [1.29, 1.82) is 0 Å². The van der Waals surface area contributed by atoms with Gasteiger partial charge in [0.15, 0.2) is 0 Å². The molecule has 1 atom stereocenters. The average Bonchev–Trinajstić information content (AvgIpc) is 3.36. The molecule has 0 aliphatic rings. The summed E-state index contributed by atoms with van der Waals surface area (Å²) in [5.74, 6) is -1.19. The molecule has 0 spiro atoms. The monoisotopic (exact) mass is 528 g/mol. The number of primary amides is 1. The number of nitrogens with one attached hydrogen (secondary N) is 2. The van der Waals surface area contributed by atoms with E-state index in [9.17, 15) is 24.1 Å². The molecule has 0 saturated heterocycles. The van der Waals surface area contributed by atoms with E-state index in [1.54, 1.807) is 41.9 Å². The largest absolute Gasteiger partial charge is 0.480 e. The Morgan fingerprint density at radius 1 is 1.11 bits per heavy atom. The van der Waals surface area contributed by atoms with Crippen LogP contribution in [0.3, 0.4) is 0 Å². The van der Waals surface area contributed by atoms with Crippen molar-refractivity contribution in [3.8, 4) is 0 Å². The third-order valence-electron chi connectivity index (χ3n) is 5.92. The quantitative estimate of drug-likeness (QED) is 0.163. The number of carboxylic acids is 1. The second kappa shape index (κ2) is 10.1. The predicted molar refractivity (Wildman–Crippen MR) is 133 cm³/mol. The maximum atomic E-state index is 12.7. The van der Waals surface area contributed by atoms with Crippen LogP contribution in [-0.2, 0) is 22.8 Å². The summed E-state index contributed by atoms with van der Waals surface area (Å²) in [5.41, 5.74) is 8.52. The van der Waals surface area contributed by atoms with E-state index in [2.05, 4.69) is 20.3 Å². The first kappa shape index (κ1) is 26.0. The minimum Gasteiger partial charge on any atom is -0.480 e. The van der Waals surface area contributed by atoms with Gasteiger partial charge in [0, 0.05) is 24.3 Å². The number of nitrogens with zero attached hydrogens (tertiary/aromatic N) is 3. The van der Waals surface area contributed by atoms with Crippen molar-refractivity contribution >= 4 is 47.4 Å². The second-order valence-electron chi connectivity index (χ2n) is 8.64. The van der Waals surface area contributed by atoms with Gasteiger partial charge in [-0.15, -0.1) is 0 Å². The fourth-order valence-corrected chi connectivity index (χ4v) is 4.58. The Bertz CT molecular complexity index is 1570. The van der Waals surface area contributed by atoms with E-state index in [1.165, 1.54) is 6.07 Å². The van der Waals surface area contributed by atoms with Crippen LogP contribution in [-0.4, -0.2) is 64.4 Å². The second-order valence-corrected chi connectivity index (χ2v) is 10.4. The van der Waals surface area contributed by atoms with Gasteiger partial charge in [-0.3, -0.25) is 14.2 Å². The van der Waals surface area contributed by atoms with Crippen LogP contribution in [0.1, 0.15) is 45.2 Å². The number of fused-ring (bicyclic) bond motifs is 2. The van der Waals surface area contributed by atoms with Crippen LogP contribution < -0.4 is 11.1 Å². The summed E-state index contributed by atoms with van der Waals surface area (Å²) < 4.78 is 12.8. The summed E-state index contributed by atoms with van der Waals surface area (Å²) in [6.45, 7) is 0. The van der Waals surface area contributed by atoms with Crippen LogP contribution in [0.5, 0.6) is 0 Å². The number of aliphatic carboxylic acids is 1. The highest BCUT2D eigenvalue weighted by Crippen LogP contribution is 2.35. The number of aryl methyl sites for hydroxylation is 1. The van der Waals surface area contributed by atoms with Gasteiger partial charge in [-0.1, -0.05) is 0 Å². The summed E-state index contributed by atoms with van der Waals surface area (Å²) in [7, 11) is -2.48. The summed E-state index contributed by atoms with van der Waals surface area (Å²) in [6.07, 6.45) is -0.304. The van der Waals surface area contributed by atoms with E-state index >= 15 is 0 Å². The molecule has 2 aromatic carbocycles. The number of hydrogen-bond acceptors (Lipinski definition) is 6. The number of nitrogens with two attached hydrogens (primary N) is 1. The molecule has 0 unspecified atom stereocenters. The molecule has 14 heteroatoms. The lowest BCUT2D eigenvalue weighted by molar-refractivity contribution is -0.139. The van der Waals surface area contributed by atoms with Crippen molar-refractivity contribution in [2.75, 3.05) is 6.16 Å². The first-order valence-electron chi connectivity index (χ1n) is 11.2. The third kappa shape index (κ3) is 6.02. The van der Waals surface area contributed by atoms with Gasteiger partial charge < -0.3 is 35.5 Å². The van der Waals surface area contributed by atoms with Crippen LogP contribution in [0.2, 0.25) is 0 Å². The minimum atomic E-state index is -4.26. The summed E-state index contributed by atoms with van der Waals surface area (Å²) in [6, 6.07) is 8.40. The lowest BCUT2D eigenvalue weighted by Gasteiger charge is -2.15. The number of rotatable bonds is 10. The van der Waals surface area contributed by atoms with Crippen molar-refractivity contribution in [2.24, 2.45) is 12.8 Å². The summed E-state index contributed by atoms with van der Waals surface area (Å²) >= 11 is 0. The molecule has 4 rings (SSSR count). The Morgan fingerprint density at radius 3 is 2.49 bits per heavy atom. The number of amides is 2. The number of carbonyl (C=O) groups is 3. The van der Waals surface area contributed by atoms with Gasteiger partial charge in [0.1, 0.15) is 17.7 Å². The number of aromatic nitrogens is 4. The lowest BCUT2D eigenvalue weighted by atomic mass is 10.1. The maximum Gasteiger partial charge on any atom is 0.326 e. The molecule has 0 aliphatic heterocycles. The molecule has 37 heavy (non-hydrogen) atoms. The summed E-state index contributed by atoms with van der Waals surface area (Å²) in [5, 5.41) is 11.8. The molecule has 0 fully saturated rings. The number of benzene rings is 2. The number of hydrogen-bond donors (Lipinski definition) is 6. The Kier molecular flexibility index (Phi) is 7.12. The van der Waals surface area contributed by atoms with Gasteiger partial charge in [-0.2, -0.15) is 0 Å². The number of carboxylic acid groups (broad SMARTS) is 1. The average molecular weight is 528 g/mol. The maximum absolute atomic E-state index is 12.7. The van der Waals surface area contributed by atoms with Gasteiger partial charge in [-0.25, -0.2) is 14.8 Å². The van der Waals surface area contributed by atoms with Crippen molar-refractivity contribution in [3.63, 3.8) is 0 Å². The number of imidazole rings is 2. The zero-order chi connectivity index (χ0) is 26.9. The van der Waals surface area contributed by atoms with Crippen LogP contribution in [0.4, 0.5) is 0 Å². The van der Waals surface area contributed by atoms with Crippen LogP contribution in [0.15, 0.2) is 36.4 Å². The molecule has 13 nitrogen and oxygen atoms in total. The zero-order valence-corrected chi connectivity index (χ0v) is 20.6. The molecule has 0 aliphatic carbocycles. The van der Waals surface area contributed by atoms with Gasteiger partial charge in [0.05, 0.1) is 28.5 Å². The molecule has 0 bridgehead atoms. The molecule has 4 aromatic rings. The first-order chi connectivity index (χ1) is 17.4. The Labute approximate surface area is 209 Å². The Balaban J connectivity index is 1.52. The van der Waals surface area contributed by atoms with Gasteiger partial charge in [0.2, 0.25) is 5.91 Å². The molecule has 194 valence electrons. The Morgan fingerprint density at radius 2 is 1.81 bits per heavy atom. The molecule has 2 amide bonds. The molecular weight excluding hydrogens is 503 g/mol. The highest BCUT2D eigenvalue weighted by atomic mass is 31.2. The van der Waals surface area contributed by atoms with Gasteiger partial charge in [-0.05, 0) is 49.2 Å². The molecule has 7 N–H and O–H groups in total. The molecule has 2 heterocycles. The van der Waals surface area contributed by atoms with E-state index in [4.69, 9.17) is 15.5 Å². The smallest absolute Gasteiger partial charge is 0.326 e. The van der Waals surface area contributed by atoms with Gasteiger partial charge in [0.25, 0.3) is 5.91 Å². The molecule has 2 aromatic heterocycles. The van der Waals surface area contributed by atoms with E-state index < -0.39 is 37.6 Å². The SMILES string of the molecule is Cn1c(Cc2nc3ccc(C(N)=O)cc3[nH]2)nc2ccc(C(=O)N[C@@H](CCCP(=O)(O)O)C(=O)O)cc21. The topological polar surface area (TPSA) is 214 Å². The van der Waals surface area contributed by atoms with Crippen LogP contribution in [0.25, 0.3) is 22.1 Å². The molecular formula is C23H25N6O7P. The molecule has 0 saturated carbocycles. The number of carbonyl (C=O) groups excluding carboxylic acids is 2. The van der Waals surface area contributed by atoms with E-state index in [-0.39, 0.29) is 18.4 Å². The van der Waals surface area contributed by atoms with Gasteiger partial charge >= 0.3 is 13.6 Å². The van der Waals surface area contributed by atoms with E-state index in [0.29, 0.717) is 45.7 Å². The van der Waals surface area contributed by atoms with Crippen molar-refractivity contribution in [3.05, 3.63) is 59.2 Å². The van der Waals surface area contributed by atoms with Crippen molar-refractivity contribution in [1.82, 2.24) is 24.8 Å². The molecule has 0 radical (unpaired) electrons. The highest BCUT2D eigenvalue weighted by molar-refractivity contribution is 7.51. The fourth-order valence-electron chi connectivity index (χ4n) is 3.99. The standard InChI is InChI=1S/C23H25N6O7P/c1-29-18-10-13(22(31)28-16(23(32)33)3-2-8-37(34,35)36)5-7-15(18)27-20(29)11-19-25-14-6-4-12(21(24)30)9-17(14)26-19/h4-7,9-10,16H,2-3,8,11H2,1H3,(H2,24,30)(H,25,26)(H,28,31)(H,32,33)(H2,34,35,36)/t16-/m0/s1. The van der Waals surface area contributed by atoms with Crippen LogP contribution >= 0.6 is 7.60 Å². The zero-order valence-electron chi connectivity index (χ0n) is 19.7. The number of aromatic amines is 1. The summed E-state index contributed by atoms with van der Waals surface area (Å²) in [4.78, 5) is 65.9.